The van der Waals surface area contributed by atoms with E-state index in [9.17, 15) is 0 Å². The third-order valence-electron chi connectivity index (χ3n) is 11.1. The van der Waals surface area contributed by atoms with E-state index in [4.69, 9.17) is 0 Å². The highest BCUT2D eigenvalue weighted by atomic mass is 32.1. The van der Waals surface area contributed by atoms with Gasteiger partial charge >= 0.3 is 0 Å². The molecule has 3 nitrogen and oxygen atoms in total. The predicted octanol–water partition coefficient (Wildman–Crippen LogP) is 15.8. The van der Waals surface area contributed by atoms with Crippen LogP contribution in [0.1, 0.15) is 0 Å². The van der Waals surface area contributed by atoms with Gasteiger partial charge in [-0.2, -0.15) is 0 Å². The molecule has 58 heavy (non-hydrogen) atoms. The lowest BCUT2D eigenvalue weighted by Gasteiger charge is -2.26. The Balaban J connectivity index is 1.18. The highest BCUT2D eigenvalue weighted by molar-refractivity contribution is 7.26. The summed E-state index contributed by atoms with van der Waals surface area (Å²) in [5.74, 6) is 0. The van der Waals surface area contributed by atoms with Gasteiger partial charge in [-0.15, -0.1) is 11.3 Å². The van der Waals surface area contributed by atoms with Gasteiger partial charge in [0.15, 0.2) is 0 Å². The van der Waals surface area contributed by atoms with Crippen LogP contribution in [0, 0.1) is 0 Å². The first-order chi connectivity index (χ1) is 28.8. The molecule has 0 aliphatic rings. The van der Waals surface area contributed by atoms with E-state index in [1.54, 1.807) is 0 Å². The Bertz CT molecular complexity index is 3130. The fourth-order valence-electron chi connectivity index (χ4n) is 8.53. The van der Waals surface area contributed by atoms with Crippen LogP contribution in [-0.4, -0.2) is 4.57 Å². The minimum Gasteiger partial charge on any atom is -0.310 e. The summed E-state index contributed by atoms with van der Waals surface area (Å²) in [6, 6.07) is 80.9. The number of fused-ring (bicyclic) bond motifs is 7. The molecular weight excluding hydrogens is 723 g/mol. The zero-order valence-electron chi connectivity index (χ0n) is 31.6. The van der Waals surface area contributed by atoms with Crippen LogP contribution < -0.4 is 9.80 Å². The Morgan fingerprint density at radius 1 is 0.328 bits per heavy atom. The molecule has 0 atom stereocenters. The topological polar surface area (TPSA) is 11.4 Å². The normalized spacial score (nSPS) is 11.4. The average molecular weight is 760 g/mol. The number of anilines is 6. The zero-order valence-corrected chi connectivity index (χ0v) is 32.4. The van der Waals surface area contributed by atoms with Gasteiger partial charge in [0.1, 0.15) is 0 Å². The summed E-state index contributed by atoms with van der Waals surface area (Å²) in [5.41, 5.74) is 12.6. The molecule has 0 unspecified atom stereocenters. The molecule has 2 heterocycles. The number of aromatic nitrogens is 1. The second kappa shape index (κ2) is 14.3. The van der Waals surface area contributed by atoms with Gasteiger partial charge in [-0.05, 0) is 114 Å². The summed E-state index contributed by atoms with van der Waals surface area (Å²) in [4.78, 5) is 4.69. The van der Waals surface area contributed by atoms with Gasteiger partial charge in [0.25, 0.3) is 0 Å². The second-order valence-electron chi connectivity index (χ2n) is 14.6. The minimum atomic E-state index is 1.09. The van der Waals surface area contributed by atoms with Gasteiger partial charge in [-0.1, -0.05) is 121 Å². The van der Waals surface area contributed by atoms with E-state index >= 15 is 0 Å². The van der Waals surface area contributed by atoms with Gasteiger partial charge in [-0.3, -0.25) is 0 Å². The van der Waals surface area contributed by atoms with Crippen LogP contribution in [0.2, 0.25) is 0 Å². The van der Waals surface area contributed by atoms with Crippen molar-refractivity contribution in [2.24, 2.45) is 0 Å². The van der Waals surface area contributed by atoms with Crippen molar-refractivity contribution in [3.8, 4) is 16.8 Å². The molecule has 0 amide bonds. The molecule has 0 saturated heterocycles. The number of hydrogen-bond acceptors (Lipinski definition) is 3. The fourth-order valence-corrected chi connectivity index (χ4v) is 9.77. The Morgan fingerprint density at radius 2 is 0.845 bits per heavy atom. The first-order valence-electron chi connectivity index (χ1n) is 19.7. The highest BCUT2D eigenvalue weighted by Gasteiger charge is 2.22. The lowest BCUT2D eigenvalue weighted by Crippen LogP contribution is -2.10. The summed E-state index contributed by atoms with van der Waals surface area (Å²) in [6.07, 6.45) is 0. The number of para-hydroxylation sites is 4. The first-order valence-corrected chi connectivity index (χ1v) is 20.5. The highest BCUT2D eigenvalue weighted by Crippen LogP contribution is 2.47. The number of benzene rings is 9. The number of thiophene rings is 1. The van der Waals surface area contributed by atoms with Crippen LogP contribution in [0.4, 0.5) is 34.1 Å². The van der Waals surface area contributed by atoms with E-state index in [0.29, 0.717) is 0 Å². The van der Waals surface area contributed by atoms with Gasteiger partial charge in [0.05, 0.1) is 11.0 Å². The minimum absolute atomic E-state index is 1.09. The van der Waals surface area contributed by atoms with Crippen LogP contribution in [-0.2, 0) is 0 Å². The Morgan fingerprint density at radius 3 is 1.43 bits per heavy atom. The molecule has 0 fully saturated rings. The maximum atomic E-state index is 2.46. The lowest BCUT2D eigenvalue weighted by atomic mass is 10.0. The SMILES string of the molecule is c1ccc(-c2ccc3sc4c(ccc5c4c4cc(N(c6ccccc6)c6ccccc6)ccc4n5-c4cccc(N(c5ccccc5)c5ccccc5)c4)c3c2)cc1. The Hall–Kier alpha value is -7.40. The van der Waals surface area contributed by atoms with Crippen LogP contribution in [0.3, 0.4) is 0 Å². The van der Waals surface area contributed by atoms with Crippen LogP contribution >= 0.6 is 11.3 Å². The van der Waals surface area contributed by atoms with Gasteiger partial charge < -0.3 is 14.4 Å². The summed E-state index contributed by atoms with van der Waals surface area (Å²) in [7, 11) is 0. The Labute approximate surface area is 341 Å². The second-order valence-corrected chi connectivity index (χ2v) is 15.6. The molecule has 0 N–H and O–H groups in total. The smallest absolute Gasteiger partial charge is 0.0555 e. The number of hydrogen-bond donors (Lipinski definition) is 0. The van der Waals surface area contributed by atoms with Crippen molar-refractivity contribution in [2.45, 2.75) is 0 Å². The molecule has 0 saturated carbocycles. The van der Waals surface area contributed by atoms with E-state index in [1.807, 2.05) is 11.3 Å². The Kier molecular flexibility index (Phi) is 8.34. The van der Waals surface area contributed by atoms with Crippen molar-refractivity contribution in [3.05, 3.63) is 224 Å². The van der Waals surface area contributed by atoms with Crippen LogP contribution in [0.15, 0.2) is 224 Å². The van der Waals surface area contributed by atoms with E-state index in [-0.39, 0.29) is 0 Å². The monoisotopic (exact) mass is 759 g/mol. The summed E-state index contributed by atoms with van der Waals surface area (Å²) in [5, 5.41) is 5.06. The third-order valence-corrected chi connectivity index (χ3v) is 12.3. The molecule has 11 aromatic rings. The van der Waals surface area contributed by atoms with Crippen molar-refractivity contribution in [2.75, 3.05) is 9.80 Å². The van der Waals surface area contributed by atoms with E-state index in [0.717, 1.165) is 45.3 Å². The van der Waals surface area contributed by atoms with Crippen molar-refractivity contribution < 1.29 is 0 Å². The van der Waals surface area contributed by atoms with Gasteiger partial charge in [-0.25, -0.2) is 0 Å². The molecular formula is C54H37N3S. The first kappa shape index (κ1) is 33.9. The number of rotatable bonds is 8. The zero-order chi connectivity index (χ0) is 38.4. The summed E-state index contributed by atoms with van der Waals surface area (Å²) in [6.45, 7) is 0. The fraction of sp³-hybridized carbons (Fsp3) is 0. The summed E-state index contributed by atoms with van der Waals surface area (Å²) >= 11 is 1.89. The van der Waals surface area contributed by atoms with E-state index in [2.05, 4.69) is 239 Å². The molecule has 4 heteroatoms. The molecule has 274 valence electrons. The molecule has 0 radical (unpaired) electrons. The van der Waals surface area contributed by atoms with Gasteiger partial charge in [0, 0.05) is 70.8 Å². The molecule has 0 bridgehead atoms. The summed E-state index contributed by atoms with van der Waals surface area (Å²) < 4.78 is 5.05. The molecule has 9 aromatic carbocycles. The van der Waals surface area contributed by atoms with E-state index < -0.39 is 0 Å². The van der Waals surface area contributed by atoms with Crippen molar-refractivity contribution in [1.82, 2.24) is 4.57 Å². The molecule has 0 aliphatic heterocycles. The maximum Gasteiger partial charge on any atom is 0.0555 e. The van der Waals surface area contributed by atoms with Crippen molar-refractivity contribution >= 4 is 87.4 Å². The largest absolute Gasteiger partial charge is 0.310 e. The third kappa shape index (κ3) is 5.82. The molecule has 11 rings (SSSR count). The van der Waals surface area contributed by atoms with Gasteiger partial charge in [0.2, 0.25) is 0 Å². The molecule has 0 spiro atoms. The molecule has 0 aliphatic carbocycles. The van der Waals surface area contributed by atoms with Crippen LogP contribution in [0.25, 0.3) is 58.8 Å². The van der Waals surface area contributed by atoms with Crippen molar-refractivity contribution in [1.29, 1.82) is 0 Å². The average Bonchev–Trinajstić information content (AvgIpc) is 3.84. The maximum absolute atomic E-state index is 2.46. The molecule has 2 aromatic heterocycles. The lowest BCUT2D eigenvalue weighted by molar-refractivity contribution is 1.17. The standard InChI is InChI=1S/C54H37N3S/c1-6-17-38(18-7-1)39-29-34-52-48(35-39)47-31-33-51-53(54(47)58-52)49-37-46(56(42-23-12-4-13-24-42)43-25-14-5-15-26-43)30-32-50(49)57(51)45-28-16-27-44(36-45)55(40-19-8-2-9-20-40)41-21-10-3-11-22-41/h1-37H. The number of nitrogens with zero attached hydrogens (tertiary/aromatic N) is 3. The van der Waals surface area contributed by atoms with E-state index in [1.165, 1.54) is 47.6 Å². The van der Waals surface area contributed by atoms with Crippen LogP contribution in [0.5, 0.6) is 0 Å². The quantitative estimate of drug-likeness (QED) is 0.153. The predicted molar refractivity (Wildman–Crippen MR) is 248 cm³/mol. The van der Waals surface area contributed by atoms with Crippen molar-refractivity contribution in [3.63, 3.8) is 0 Å².